The molecule has 1 saturated heterocycles. The molecule has 8 heteroatoms. The van der Waals surface area contributed by atoms with Crippen molar-refractivity contribution in [2.24, 2.45) is 5.92 Å². The lowest BCUT2D eigenvalue weighted by molar-refractivity contribution is -0.115. The van der Waals surface area contributed by atoms with Crippen LogP contribution in [0.15, 0.2) is 24.4 Å². The summed E-state index contributed by atoms with van der Waals surface area (Å²) >= 11 is 0. The van der Waals surface area contributed by atoms with Crippen LogP contribution in [-0.2, 0) is 17.8 Å². The van der Waals surface area contributed by atoms with Gasteiger partial charge < -0.3 is 20.4 Å². The third-order valence-electron chi connectivity index (χ3n) is 5.29. The highest BCUT2D eigenvalue weighted by atomic mass is 35.5. The standard InChI is InChI=1S/C20H26N4O3.ClH/c25-17-3-6-24(23-12-17)13-15-8-16-4-7-27-19(16)18(9-15)20(26)22-11-14-2-1-5-21-10-14;/h3,6,8-9,14,21,23H,1-2,4-5,7,10-13H2,(H,22,26);1H. The van der Waals surface area contributed by atoms with E-state index in [1.54, 1.807) is 12.3 Å². The van der Waals surface area contributed by atoms with Crippen molar-refractivity contribution in [1.82, 2.24) is 21.1 Å². The summed E-state index contributed by atoms with van der Waals surface area (Å²) in [5, 5.41) is 8.34. The van der Waals surface area contributed by atoms with Gasteiger partial charge in [0.05, 0.1) is 25.3 Å². The summed E-state index contributed by atoms with van der Waals surface area (Å²) < 4.78 is 5.74. The van der Waals surface area contributed by atoms with Crippen LogP contribution < -0.4 is 20.8 Å². The minimum Gasteiger partial charge on any atom is -0.492 e. The van der Waals surface area contributed by atoms with Crippen LogP contribution in [0.1, 0.15) is 34.3 Å². The summed E-state index contributed by atoms with van der Waals surface area (Å²) in [4.78, 5) is 24.1. The number of nitrogens with zero attached hydrogens (tertiary/aromatic N) is 1. The Labute approximate surface area is 171 Å². The number of nitrogens with one attached hydrogen (secondary N) is 3. The van der Waals surface area contributed by atoms with Gasteiger partial charge in [0.15, 0.2) is 5.78 Å². The first-order chi connectivity index (χ1) is 13.2. The van der Waals surface area contributed by atoms with Gasteiger partial charge in [0.2, 0.25) is 0 Å². The fourth-order valence-corrected chi connectivity index (χ4v) is 3.83. The normalized spacial score (nSPS) is 20.9. The molecule has 0 bridgehead atoms. The van der Waals surface area contributed by atoms with E-state index in [2.05, 4.69) is 22.1 Å². The van der Waals surface area contributed by atoms with Gasteiger partial charge in [-0.3, -0.25) is 9.59 Å². The fourth-order valence-electron chi connectivity index (χ4n) is 3.83. The van der Waals surface area contributed by atoms with E-state index in [4.69, 9.17) is 4.74 Å². The molecule has 1 fully saturated rings. The molecule has 1 aromatic carbocycles. The van der Waals surface area contributed by atoms with Gasteiger partial charge >= 0.3 is 0 Å². The van der Waals surface area contributed by atoms with Gasteiger partial charge in [-0.2, -0.15) is 0 Å². The first kappa shape index (κ1) is 20.6. The second-order valence-corrected chi connectivity index (χ2v) is 7.40. The largest absolute Gasteiger partial charge is 0.492 e. The van der Waals surface area contributed by atoms with E-state index in [0.29, 0.717) is 37.7 Å². The maximum absolute atomic E-state index is 12.8. The molecule has 0 aliphatic carbocycles. The smallest absolute Gasteiger partial charge is 0.255 e. The van der Waals surface area contributed by atoms with Crippen molar-refractivity contribution in [3.8, 4) is 5.75 Å². The second kappa shape index (κ2) is 9.41. The number of hydrogen-bond donors (Lipinski definition) is 3. The van der Waals surface area contributed by atoms with E-state index in [-0.39, 0.29) is 24.1 Å². The lowest BCUT2D eigenvalue weighted by Crippen LogP contribution is -2.40. The Bertz CT molecular complexity index is 762. The van der Waals surface area contributed by atoms with Gasteiger partial charge in [0.25, 0.3) is 5.91 Å². The van der Waals surface area contributed by atoms with Crippen molar-refractivity contribution in [3.05, 3.63) is 41.1 Å². The van der Waals surface area contributed by atoms with E-state index in [9.17, 15) is 9.59 Å². The van der Waals surface area contributed by atoms with E-state index in [1.165, 1.54) is 0 Å². The van der Waals surface area contributed by atoms with Crippen LogP contribution in [0.4, 0.5) is 0 Å². The van der Waals surface area contributed by atoms with Gasteiger partial charge in [-0.15, -0.1) is 12.4 Å². The third-order valence-corrected chi connectivity index (χ3v) is 5.29. The molecule has 3 heterocycles. The van der Waals surface area contributed by atoms with Gasteiger partial charge in [0.1, 0.15) is 5.75 Å². The molecule has 0 spiro atoms. The monoisotopic (exact) mass is 406 g/mol. The molecular weight excluding hydrogens is 380 g/mol. The van der Waals surface area contributed by atoms with E-state index in [1.807, 2.05) is 11.1 Å². The third kappa shape index (κ3) is 4.84. The molecule has 3 aliphatic rings. The Morgan fingerprint density at radius 3 is 3.00 bits per heavy atom. The van der Waals surface area contributed by atoms with Gasteiger partial charge in [-0.1, -0.05) is 6.07 Å². The predicted octanol–water partition coefficient (Wildman–Crippen LogP) is 1.18. The van der Waals surface area contributed by atoms with Crippen LogP contribution >= 0.6 is 12.4 Å². The number of carbonyl (C=O) groups excluding carboxylic acids is 2. The van der Waals surface area contributed by atoms with E-state index >= 15 is 0 Å². The Kier molecular flexibility index (Phi) is 6.93. The molecule has 28 heavy (non-hydrogen) atoms. The van der Waals surface area contributed by atoms with Gasteiger partial charge in [0, 0.05) is 19.2 Å². The van der Waals surface area contributed by atoms with Crippen LogP contribution in [0, 0.1) is 5.92 Å². The number of carbonyl (C=O) groups is 2. The molecule has 3 N–H and O–H groups in total. The highest BCUT2D eigenvalue weighted by Crippen LogP contribution is 2.31. The van der Waals surface area contributed by atoms with E-state index < -0.39 is 0 Å². The van der Waals surface area contributed by atoms with Gasteiger partial charge in [-0.25, -0.2) is 5.43 Å². The van der Waals surface area contributed by atoms with Crippen molar-refractivity contribution < 1.29 is 14.3 Å². The Balaban J connectivity index is 0.00000225. The molecule has 3 aliphatic heterocycles. The van der Waals surface area contributed by atoms with Crippen molar-refractivity contribution in [2.45, 2.75) is 25.8 Å². The molecule has 1 amide bonds. The molecular formula is C20H27ClN4O3. The summed E-state index contributed by atoms with van der Waals surface area (Å²) in [6.07, 6.45) is 6.43. The summed E-state index contributed by atoms with van der Waals surface area (Å²) in [5.74, 6) is 1.19. The first-order valence-electron chi connectivity index (χ1n) is 9.68. The highest BCUT2D eigenvalue weighted by Gasteiger charge is 2.24. The molecule has 4 rings (SSSR count). The predicted molar refractivity (Wildman–Crippen MR) is 109 cm³/mol. The van der Waals surface area contributed by atoms with Crippen LogP contribution in [0.2, 0.25) is 0 Å². The van der Waals surface area contributed by atoms with Crippen LogP contribution in [0.3, 0.4) is 0 Å². The van der Waals surface area contributed by atoms with Crippen LogP contribution in [-0.4, -0.2) is 49.5 Å². The molecule has 1 atom stereocenters. The van der Waals surface area contributed by atoms with Crippen molar-refractivity contribution in [3.63, 3.8) is 0 Å². The quantitative estimate of drug-likeness (QED) is 0.681. The van der Waals surface area contributed by atoms with Crippen LogP contribution in [0.5, 0.6) is 5.75 Å². The molecule has 1 unspecified atom stereocenters. The van der Waals surface area contributed by atoms with E-state index in [0.717, 1.165) is 49.2 Å². The zero-order valence-corrected chi connectivity index (χ0v) is 16.6. The number of fused-ring (bicyclic) bond motifs is 1. The number of ether oxygens (including phenoxy) is 1. The number of ketones is 1. The summed E-state index contributed by atoms with van der Waals surface area (Å²) in [6.45, 7) is 4.21. The number of hydrogen-bond acceptors (Lipinski definition) is 6. The Morgan fingerprint density at radius 1 is 1.36 bits per heavy atom. The number of rotatable bonds is 5. The number of amides is 1. The number of halogens is 1. The summed E-state index contributed by atoms with van der Waals surface area (Å²) in [6, 6.07) is 4.00. The molecule has 7 nitrogen and oxygen atoms in total. The van der Waals surface area contributed by atoms with Crippen molar-refractivity contribution >= 4 is 24.1 Å². The zero-order chi connectivity index (χ0) is 18.6. The molecule has 152 valence electrons. The minimum absolute atomic E-state index is 0. The highest BCUT2D eigenvalue weighted by molar-refractivity contribution is 5.97. The number of hydrazine groups is 1. The molecule has 1 aromatic rings. The molecule has 0 aromatic heterocycles. The summed E-state index contributed by atoms with van der Waals surface area (Å²) in [7, 11) is 0. The fraction of sp³-hybridized carbons (Fsp3) is 0.500. The van der Waals surface area contributed by atoms with Crippen molar-refractivity contribution in [1.29, 1.82) is 0 Å². The lowest BCUT2D eigenvalue weighted by Gasteiger charge is -2.25. The molecule has 0 saturated carbocycles. The maximum Gasteiger partial charge on any atom is 0.255 e. The average molecular weight is 407 g/mol. The lowest BCUT2D eigenvalue weighted by atomic mass is 9.99. The molecule has 0 radical (unpaired) electrons. The van der Waals surface area contributed by atoms with Gasteiger partial charge in [-0.05, 0) is 55.1 Å². The Morgan fingerprint density at radius 2 is 2.25 bits per heavy atom. The zero-order valence-electron chi connectivity index (χ0n) is 15.8. The Hall–Kier alpha value is -2.09. The summed E-state index contributed by atoms with van der Waals surface area (Å²) in [5.41, 5.74) is 5.77. The average Bonchev–Trinajstić information content (AvgIpc) is 3.16. The first-order valence-corrected chi connectivity index (χ1v) is 9.68. The SMILES string of the molecule is Cl.O=C1C=CN(Cc2cc3c(c(C(=O)NCC4CCCNC4)c2)OCC3)NC1. The topological polar surface area (TPSA) is 82.7 Å². The second-order valence-electron chi connectivity index (χ2n) is 7.40. The van der Waals surface area contributed by atoms with Crippen molar-refractivity contribution in [2.75, 3.05) is 32.8 Å². The van der Waals surface area contributed by atoms with Crippen LogP contribution in [0.25, 0.3) is 0 Å². The number of benzene rings is 1. The minimum atomic E-state index is -0.0714. The maximum atomic E-state index is 12.8. The number of piperidine rings is 1.